The first-order valence-electron chi connectivity index (χ1n) is 5.46. The molecule has 0 saturated carbocycles. The van der Waals surface area contributed by atoms with Crippen LogP contribution in [0, 0.1) is 0 Å². The molecule has 2 N–H and O–H groups in total. The van der Waals surface area contributed by atoms with Crippen LogP contribution in [0.15, 0.2) is 48.0 Å². The summed E-state index contributed by atoms with van der Waals surface area (Å²) in [4.78, 5) is 0. The summed E-state index contributed by atoms with van der Waals surface area (Å²) in [5.41, 5.74) is 1.43. The van der Waals surface area contributed by atoms with Gasteiger partial charge in [-0.05, 0) is 5.22 Å². The third-order valence-electron chi connectivity index (χ3n) is 3.05. The minimum Gasteiger partial charge on any atom is -0.489 e. The fourth-order valence-corrected chi connectivity index (χ4v) is 2.23. The van der Waals surface area contributed by atoms with Gasteiger partial charge in [0.15, 0.2) is 0 Å². The first-order chi connectivity index (χ1) is 8.27. The van der Waals surface area contributed by atoms with E-state index in [4.69, 9.17) is 4.74 Å². The van der Waals surface area contributed by atoms with E-state index in [1.807, 2.05) is 36.4 Å². The summed E-state index contributed by atoms with van der Waals surface area (Å²) >= 11 is 0. The van der Waals surface area contributed by atoms with E-state index < -0.39 is 13.2 Å². The van der Waals surface area contributed by atoms with Gasteiger partial charge in [0.2, 0.25) is 0 Å². The van der Waals surface area contributed by atoms with Crippen LogP contribution < -0.4 is 10.4 Å². The third-order valence-corrected chi connectivity index (χ3v) is 3.05. The lowest BCUT2D eigenvalue weighted by Crippen LogP contribution is -2.39. The Hall–Kier alpha value is -1.78. The van der Waals surface area contributed by atoms with Crippen molar-refractivity contribution >= 4 is 19.0 Å². The highest BCUT2D eigenvalue weighted by Gasteiger charge is 2.30. The molecule has 1 aromatic carbocycles. The second-order valence-corrected chi connectivity index (χ2v) is 4.08. The Balaban J connectivity index is 2.24. The van der Waals surface area contributed by atoms with Crippen LogP contribution in [0.5, 0.6) is 0 Å². The Morgan fingerprint density at radius 1 is 1.18 bits per heavy atom. The van der Waals surface area contributed by atoms with Crippen LogP contribution in [0.2, 0.25) is 0 Å². The smallest absolute Gasteiger partial charge is 0.488 e. The summed E-state index contributed by atoms with van der Waals surface area (Å²) in [7, 11) is -1.49. The zero-order valence-electron chi connectivity index (χ0n) is 9.08. The Morgan fingerprint density at radius 3 is 2.82 bits per heavy atom. The molecule has 1 heterocycles. The van der Waals surface area contributed by atoms with Crippen molar-refractivity contribution in [1.82, 2.24) is 0 Å². The molecule has 17 heavy (non-hydrogen) atoms. The molecule has 0 saturated heterocycles. The monoisotopic (exact) mass is 226 g/mol. The van der Waals surface area contributed by atoms with Crippen molar-refractivity contribution in [3.8, 4) is 0 Å². The van der Waals surface area contributed by atoms with E-state index in [9.17, 15) is 10.0 Å². The van der Waals surface area contributed by atoms with Gasteiger partial charge in [0.1, 0.15) is 6.10 Å². The van der Waals surface area contributed by atoms with Crippen molar-refractivity contribution in [1.29, 1.82) is 0 Å². The topological polar surface area (TPSA) is 49.7 Å². The standard InChI is InChI=1S/C13H11BO3/c15-14(16)12-7-3-6-11-10-5-2-1-4-9(10)8-17-13(11)12/h1-8,13,15-16H. The predicted molar refractivity (Wildman–Crippen MR) is 65.9 cm³/mol. The minimum absolute atomic E-state index is 0.394. The molecule has 0 bridgehead atoms. The average Bonchev–Trinajstić information content (AvgIpc) is 2.37. The van der Waals surface area contributed by atoms with Gasteiger partial charge in [0.25, 0.3) is 0 Å². The molecule has 3 nitrogen and oxygen atoms in total. The van der Waals surface area contributed by atoms with Gasteiger partial charge in [-0.2, -0.15) is 0 Å². The van der Waals surface area contributed by atoms with E-state index >= 15 is 0 Å². The van der Waals surface area contributed by atoms with Crippen LogP contribution in [0.4, 0.5) is 0 Å². The summed E-state index contributed by atoms with van der Waals surface area (Å²) in [5.74, 6) is 0. The zero-order chi connectivity index (χ0) is 11.8. The van der Waals surface area contributed by atoms with Crippen LogP contribution >= 0.6 is 0 Å². The summed E-state index contributed by atoms with van der Waals surface area (Å²) in [6.07, 6.45) is 6.71. The molecule has 0 amide bonds. The zero-order valence-corrected chi connectivity index (χ0v) is 9.08. The molecule has 3 rings (SSSR count). The molecule has 1 aromatic rings. The summed E-state index contributed by atoms with van der Waals surface area (Å²) in [6.45, 7) is 0. The van der Waals surface area contributed by atoms with E-state index in [1.165, 1.54) is 0 Å². The molecule has 4 heteroatoms. The van der Waals surface area contributed by atoms with E-state index in [1.54, 1.807) is 12.3 Å². The number of rotatable bonds is 1. The summed E-state index contributed by atoms with van der Waals surface area (Å²) in [6, 6.07) is 7.89. The summed E-state index contributed by atoms with van der Waals surface area (Å²) < 4.78 is 5.58. The Labute approximate surface area is 98.8 Å². The molecule has 1 aliphatic carbocycles. The van der Waals surface area contributed by atoms with Crippen molar-refractivity contribution < 1.29 is 14.8 Å². The second kappa shape index (κ2) is 3.91. The lowest BCUT2D eigenvalue weighted by atomic mass is 9.71. The lowest BCUT2D eigenvalue weighted by molar-refractivity contribution is 0.262. The van der Waals surface area contributed by atoms with Gasteiger partial charge >= 0.3 is 7.12 Å². The van der Waals surface area contributed by atoms with Crippen molar-refractivity contribution in [3.05, 3.63) is 58.4 Å². The highest BCUT2D eigenvalue weighted by Crippen LogP contribution is 2.24. The molecule has 1 aliphatic heterocycles. The van der Waals surface area contributed by atoms with Crippen molar-refractivity contribution in [2.75, 3.05) is 0 Å². The number of allylic oxidation sites excluding steroid dienone is 2. The quantitative estimate of drug-likeness (QED) is 0.633. The fraction of sp³-hybridized carbons (Fsp3) is 0.0769. The van der Waals surface area contributed by atoms with Gasteiger partial charge in [-0.1, -0.05) is 42.5 Å². The lowest BCUT2D eigenvalue weighted by Gasteiger charge is -2.26. The largest absolute Gasteiger partial charge is 0.489 e. The van der Waals surface area contributed by atoms with Gasteiger partial charge in [0, 0.05) is 16.3 Å². The van der Waals surface area contributed by atoms with E-state index in [0.717, 1.165) is 16.0 Å². The minimum atomic E-state index is -1.49. The average molecular weight is 226 g/mol. The van der Waals surface area contributed by atoms with Crippen molar-refractivity contribution in [2.24, 2.45) is 0 Å². The molecule has 0 radical (unpaired) electrons. The molecular weight excluding hydrogens is 215 g/mol. The molecule has 2 aliphatic rings. The fourth-order valence-electron chi connectivity index (χ4n) is 2.23. The van der Waals surface area contributed by atoms with E-state index in [0.29, 0.717) is 5.47 Å². The van der Waals surface area contributed by atoms with Gasteiger partial charge < -0.3 is 14.8 Å². The van der Waals surface area contributed by atoms with Crippen LogP contribution in [-0.2, 0) is 4.74 Å². The highest BCUT2D eigenvalue weighted by molar-refractivity contribution is 6.51. The van der Waals surface area contributed by atoms with Crippen molar-refractivity contribution in [2.45, 2.75) is 6.10 Å². The van der Waals surface area contributed by atoms with E-state index in [2.05, 4.69) is 0 Å². The number of ether oxygens (including phenoxy) is 1. The van der Waals surface area contributed by atoms with Gasteiger partial charge in [-0.15, -0.1) is 0 Å². The first kappa shape index (κ1) is 10.4. The molecule has 0 aromatic heterocycles. The molecule has 1 atom stereocenters. The van der Waals surface area contributed by atoms with E-state index in [-0.39, 0.29) is 0 Å². The molecule has 1 unspecified atom stereocenters. The van der Waals surface area contributed by atoms with Crippen LogP contribution in [0.1, 0.15) is 0 Å². The highest BCUT2D eigenvalue weighted by atomic mass is 16.5. The number of benzene rings is 1. The molecule has 0 spiro atoms. The normalized spacial score (nSPS) is 20.7. The SMILES string of the molecule is OB(O)C1=CC=CC2=c3ccccc3=COC12. The Morgan fingerprint density at radius 2 is 2.00 bits per heavy atom. The molecule has 84 valence electrons. The van der Waals surface area contributed by atoms with Gasteiger partial charge in [0.05, 0.1) is 6.26 Å². The van der Waals surface area contributed by atoms with Crippen LogP contribution in [0.3, 0.4) is 0 Å². The molecular formula is C13H11BO3. The number of hydrogen-bond donors (Lipinski definition) is 2. The number of fused-ring (bicyclic) bond motifs is 2. The Kier molecular flexibility index (Phi) is 2.39. The second-order valence-electron chi connectivity index (χ2n) is 4.08. The molecule has 0 fully saturated rings. The van der Waals surface area contributed by atoms with Gasteiger partial charge in [-0.3, -0.25) is 0 Å². The number of hydrogen-bond acceptors (Lipinski definition) is 3. The first-order valence-corrected chi connectivity index (χ1v) is 5.46. The van der Waals surface area contributed by atoms with Crippen molar-refractivity contribution in [3.63, 3.8) is 0 Å². The Bertz CT molecular complexity index is 628. The van der Waals surface area contributed by atoms with Crippen LogP contribution in [0.25, 0.3) is 11.8 Å². The maximum Gasteiger partial charge on any atom is 0.488 e. The van der Waals surface area contributed by atoms with Crippen LogP contribution in [-0.4, -0.2) is 23.3 Å². The third kappa shape index (κ3) is 1.62. The summed E-state index contributed by atoms with van der Waals surface area (Å²) in [5, 5.41) is 20.7. The maximum absolute atomic E-state index is 9.31. The maximum atomic E-state index is 9.31. The van der Waals surface area contributed by atoms with Gasteiger partial charge in [-0.25, -0.2) is 0 Å². The predicted octanol–water partition coefficient (Wildman–Crippen LogP) is -0.518.